The Morgan fingerprint density at radius 3 is 2.31 bits per heavy atom. The summed E-state index contributed by atoms with van der Waals surface area (Å²) < 4.78 is 0. The third-order valence-electron chi connectivity index (χ3n) is 4.40. The van der Waals surface area contributed by atoms with Crippen LogP contribution in [-0.2, 0) is 15.0 Å². The van der Waals surface area contributed by atoms with E-state index in [0.29, 0.717) is 16.8 Å². The van der Waals surface area contributed by atoms with Crippen molar-refractivity contribution in [3.8, 4) is 0 Å². The van der Waals surface area contributed by atoms with Crippen LogP contribution in [-0.4, -0.2) is 29.9 Å². The second kappa shape index (κ2) is 7.82. The molecule has 0 spiro atoms. The van der Waals surface area contributed by atoms with Crippen LogP contribution < -0.4 is 10.6 Å². The molecule has 2 aromatic rings. The minimum Gasteiger partial charge on any atom is -0.481 e. The van der Waals surface area contributed by atoms with E-state index < -0.39 is 17.3 Å². The largest absolute Gasteiger partial charge is 0.481 e. The molecular weight excluding hydrogens is 332 g/mol. The molecule has 0 unspecified atom stereocenters. The number of rotatable bonds is 6. The number of aryl methyl sites for hydroxylation is 1. The monoisotopic (exact) mass is 354 g/mol. The Bertz CT molecular complexity index is 833. The van der Waals surface area contributed by atoms with Crippen LogP contribution in [0.4, 0.5) is 5.69 Å². The molecule has 3 N–H and O–H groups in total. The standard InChI is InChI=1S/C20H22N2O4/c1-13-9-10-14(18(24)21-3)11-16(13)22-17(23)12-20(2,19(25)26)15-7-5-4-6-8-15/h4-11H,12H2,1-3H3,(H,21,24)(H,22,23)(H,25,26)/t20-/m1/s1. The molecule has 0 radical (unpaired) electrons. The predicted molar refractivity (Wildman–Crippen MR) is 99.2 cm³/mol. The molecule has 0 heterocycles. The molecule has 0 aliphatic heterocycles. The first-order valence-corrected chi connectivity index (χ1v) is 8.19. The topological polar surface area (TPSA) is 95.5 Å². The van der Waals surface area contributed by atoms with E-state index in [1.807, 2.05) is 0 Å². The third-order valence-corrected chi connectivity index (χ3v) is 4.40. The van der Waals surface area contributed by atoms with Gasteiger partial charge in [0.05, 0.1) is 5.41 Å². The first-order valence-electron chi connectivity index (χ1n) is 8.19. The zero-order valence-corrected chi connectivity index (χ0v) is 15.0. The lowest BCUT2D eigenvalue weighted by atomic mass is 9.79. The van der Waals surface area contributed by atoms with Gasteiger partial charge in [-0.1, -0.05) is 36.4 Å². The number of amides is 2. The van der Waals surface area contributed by atoms with Crippen LogP contribution in [0.15, 0.2) is 48.5 Å². The molecule has 2 aromatic carbocycles. The van der Waals surface area contributed by atoms with Gasteiger partial charge in [-0.2, -0.15) is 0 Å². The maximum atomic E-state index is 12.5. The fraction of sp³-hybridized carbons (Fsp3) is 0.250. The molecule has 0 fully saturated rings. The second-order valence-corrected chi connectivity index (χ2v) is 6.34. The number of nitrogens with one attached hydrogen (secondary N) is 2. The Kier molecular flexibility index (Phi) is 5.77. The summed E-state index contributed by atoms with van der Waals surface area (Å²) in [6.07, 6.45) is -0.226. The number of aliphatic carboxylic acids is 1. The van der Waals surface area contributed by atoms with Crippen molar-refractivity contribution in [2.24, 2.45) is 0 Å². The fourth-order valence-electron chi connectivity index (χ4n) is 2.66. The molecule has 136 valence electrons. The molecule has 0 aliphatic carbocycles. The second-order valence-electron chi connectivity index (χ2n) is 6.34. The Balaban J connectivity index is 2.24. The first kappa shape index (κ1) is 19.2. The van der Waals surface area contributed by atoms with Crippen molar-refractivity contribution in [3.63, 3.8) is 0 Å². The summed E-state index contributed by atoms with van der Waals surface area (Å²) in [4.78, 5) is 36.1. The number of carboxylic acids is 1. The number of carboxylic acid groups (broad SMARTS) is 1. The first-order chi connectivity index (χ1) is 12.3. The van der Waals surface area contributed by atoms with Crippen LogP contribution in [0.2, 0.25) is 0 Å². The van der Waals surface area contributed by atoms with E-state index in [2.05, 4.69) is 10.6 Å². The lowest BCUT2D eigenvalue weighted by molar-refractivity contribution is -0.145. The van der Waals surface area contributed by atoms with E-state index in [1.54, 1.807) is 55.5 Å². The Morgan fingerprint density at radius 1 is 1.08 bits per heavy atom. The minimum atomic E-state index is -1.35. The van der Waals surface area contributed by atoms with Crippen LogP contribution in [0.3, 0.4) is 0 Å². The summed E-state index contributed by atoms with van der Waals surface area (Å²) >= 11 is 0. The van der Waals surface area contributed by atoms with Gasteiger partial charge in [0.15, 0.2) is 0 Å². The molecule has 26 heavy (non-hydrogen) atoms. The average molecular weight is 354 g/mol. The Morgan fingerprint density at radius 2 is 1.73 bits per heavy atom. The number of hydrogen-bond donors (Lipinski definition) is 3. The highest BCUT2D eigenvalue weighted by Gasteiger charge is 2.37. The van der Waals surface area contributed by atoms with Gasteiger partial charge in [-0.3, -0.25) is 14.4 Å². The molecule has 0 bridgehead atoms. The van der Waals surface area contributed by atoms with Crippen LogP contribution in [0, 0.1) is 6.92 Å². The van der Waals surface area contributed by atoms with Gasteiger partial charge in [-0.05, 0) is 37.1 Å². The van der Waals surface area contributed by atoms with Crippen LogP contribution >= 0.6 is 0 Å². The number of hydrogen-bond acceptors (Lipinski definition) is 3. The van der Waals surface area contributed by atoms with Gasteiger partial charge in [0.25, 0.3) is 5.91 Å². The minimum absolute atomic E-state index is 0.226. The zero-order chi connectivity index (χ0) is 19.3. The van der Waals surface area contributed by atoms with E-state index in [4.69, 9.17) is 0 Å². The molecule has 0 aliphatic rings. The number of carbonyl (C=O) groups excluding carboxylic acids is 2. The van der Waals surface area contributed by atoms with Gasteiger partial charge < -0.3 is 15.7 Å². The lowest BCUT2D eigenvalue weighted by Gasteiger charge is -2.25. The molecular formula is C20H22N2O4. The van der Waals surface area contributed by atoms with Crippen molar-refractivity contribution in [1.82, 2.24) is 5.32 Å². The number of benzene rings is 2. The molecule has 2 rings (SSSR count). The van der Waals surface area contributed by atoms with Gasteiger partial charge in [0.2, 0.25) is 5.91 Å². The summed E-state index contributed by atoms with van der Waals surface area (Å²) in [6, 6.07) is 13.6. The molecule has 0 saturated heterocycles. The highest BCUT2D eigenvalue weighted by Crippen LogP contribution is 2.29. The van der Waals surface area contributed by atoms with Crippen molar-refractivity contribution in [2.45, 2.75) is 25.7 Å². The van der Waals surface area contributed by atoms with Crippen molar-refractivity contribution in [1.29, 1.82) is 0 Å². The molecule has 1 atom stereocenters. The molecule has 6 heteroatoms. The van der Waals surface area contributed by atoms with Gasteiger partial charge in [0.1, 0.15) is 0 Å². The molecule has 2 amide bonds. The summed E-state index contributed by atoms with van der Waals surface area (Å²) in [5.41, 5.74) is 0.882. The van der Waals surface area contributed by atoms with E-state index in [1.165, 1.54) is 14.0 Å². The summed E-state index contributed by atoms with van der Waals surface area (Å²) in [7, 11) is 1.53. The van der Waals surface area contributed by atoms with Crippen molar-refractivity contribution < 1.29 is 19.5 Å². The van der Waals surface area contributed by atoms with Gasteiger partial charge in [0, 0.05) is 24.7 Å². The Labute approximate surface area is 152 Å². The zero-order valence-electron chi connectivity index (χ0n) is 15.0. The van der Waals surface area contributed by atoms with Crippen LogP contribution in [0.25, 0.3) is 0 Å². The number of carbonyl (C=O) groups is 3. The quantitative estimate of drug-likeness (QED) is 0.743. The Hall–Kier alpha value is -3.15. The SMILES string of the molecule is CNC(=O)c1ccc(C)c(NC(=O)C[C@@](C)(C(=O)O)c2ccccc2)c1. The van der Waals surface area contributed by atoms with E-state index >= 15 is 0 Å². The van der Waals surface area contributed by atoms with E-state index in [0.717, 1.165) is 5.56 Å². The van der Waals surface area contributed by atoms with Crippen LogP contribution in [0.1, 0.15) is 34.8 Å². The van der Waals surface area contributed by atoms with Crippen LogP contribution in [0.5, 0.6) is 0 Å². The van der Waals surface area contributed by atoms with Gasteiger partial charge in [-0.15, -0.1) is 0 Å². The third kappa shape index (κ3) is 4.08. The van der Waals surface area contributed by atoms with Crippen molar-refractivity contribution in [2.75, 3.05) is 12.4 Å². The van der Waals surface area contributed by atoms with E-state index in [-0.39, 0.29) is 12.3 Å². The summed E-state index contributed by atoms with van der Waals surface area (Å²) in [6.45, 7) is 3.33. The highest BCUT2D eigenvalue weighted by molar-refractivity contribution is 5.99. The van der Waals surface area contributed by atoms with Gasteiger partial charge >= 0.3 is 5.97 Å². The maximum Gasteiger partial charge on any atom is 0.314 e. The number of anilines is 1. The van der Waals surface area contributed by atoms with E-state index in [9.17, 15) is 19.5 Å². The average Bonchev–Trinajstić information content (AvgIpc) is 2.63. The molecule has 0 saturated carbocycles. The summed E-state index contributed by atoms with van der Waals surface area (Å²) in [5, 5.41) is 14.9. The molecule has 0 aromatic heterocycles. The summed E-state index contributed by atoms with van der Waals surface area (Å²) in [5.74, 6) is -1.77. The van der Waals surface area contributed by atoms with Gasteiger partial charge in [-0.25, -0.2) is 0 Å². The predicted octanol–water partition coefficient (Wildman–Crippen LogP) is 2.73. The smallest absolute Gasteiger partial charge is 0.314 e. The highest BCUT2D eigenvalue weighted by atomic mass is 16.4. The van der Waals surface area contributed by atoms with Crippen molar-refractivity contribution >= 4 is 23.5 Å². The molecule has 6 nitrogen and oxygen atoms in total. The van der Waals surface area contributed by atoms with Crippen molar-refractivity contribution in [3.05, 3.63) is 65.2 Å². The normalized spacial score (nSPS) is 12.7. The lowest BCUT2D eigenvalue weighted by Crippen LogP contribution is -2.36. The fourth-order valence-corrected chi connectivity index (χ4v) is 2.66. The maximum absolute atomic E-state index is 12.5.